The minimum absolute atomic E-state index is 0.00109. The molecular weight excluding hydrogens is 1860 g/mol. The quantitative estimate of drug-likeness (QED) is 0.0410. The van der Waals surface area contributed by atoms with Crippen LogP contribution in [0.5, 0.6) is 0 Å². The van der Waals surface area contributed by atoms with Crippen LogP contribution >= 0.6 is 0 Å². The standard InChI is InChI=1S/2C23H27F2N9O2.C22H26F2N8O3.C21H22F2N8O3/c24-15-10-29-21-18(20(26)31-34(21)13-15)23(36)30-17-12-27-11-16(25)19(17)33-7-2-14(3-8-33)22(35)28-4-9-32-5-1-6-32;1-31-5-7-32(8-6-31)23(36)14-3-2-4-33(12-14)19-16(25)10-27-11-17(19)29-22(35)18-20(26)30-34-13-15(24)9-28-21(18)34;1-30(7-8-35-2)22(34)13-3-5-31(6-4-13)18-15(24)10-26-11-16(18)28-21(33)17-19(25)29-32-12-14(23)9-27-20(17)32;22-12-5-26-19-16(18(24)28-31(19)8-12)20(33)27-15-7-25-6-14(23)17(15)29-3-1-11(2-4-29)21(34)30-9-13(32)10-30/h10-14H,1-9H2,(H2,26,31)(H,28,35)(H,30,36);9-11,13-14H,2-8,12H2,1H3,(H2,26,30)(H,29,35);9-13H,3-8H2,1-2H3,(H2,25,29)(H,28,33);5-8,11,13,32H,1-4,9-10H2,(H2,24,28)(H,27,33). The fourth-order valence-electron chi connectivity index (χ4n) is 18.1. The summed E-state index contributed by atoms with van der Waals surface area (Å²) in [6.45, 7) is 11.7. The number of nitrogens with two attached hydrogens (primary N) is 4. The van der Waals surface area contributed by atoms with Crippen molar-refractivity contribution in [3.8, 4) is 0 Å². The van der Waals surface area contributed by atoms with Gasteiger partial charge < -0.3 is 103 Å². The van der Waals surface area contributed by atoms with Gasteiger partial charge in [0.15, 0.2) is 92.4 Å². The maximum absolute atomic E-state index is 15.1. The molecule has 14 N–H and O–H groups in total. The first kappa shape index (κ1) is 98.6. The van der Waals surface area contributed by atoms with Gasteiger partial charge in [0.2, 0.25) is 23.6 Å². The second-order valence-corrected chi connectivity index (χ2v) is 34.9. The number of nitrogen functional groups attached to an aromatic ring is 4. The van der Waals surface area contributed by atoms with E-state index in [-0.39, 0.29) is 161 Å². The summed E-state index contributed by atoms with van der Waals surface area (Å²) in [4.78, 5) is 151. The van der Waals surface area contributed by atoms with Crippen LogP contribution in [0.25, 0.3) is 22.6 Å². The number of aliphatic hydroxyl groups excluding tert-OH is 1. The number of ether oxygens (including phenoxy) is 1. The van der Waals surface area contributed by atoms with Gasteiger partial charge in [-0.25, -0.2) is 73.1 Å². The molecule has 12 aromatic rings. The lowest BCUT2D eigenvalue weighted by Gasteiger charge is -2.41. The lowest BCUT2D eigenvalue weighted by atomic mass is 9.93. The molecular formula is C89H102F8N34O10. The van der Waals surface area contributed by atoms with Crippen LogP contribution in [0.3, 0.4) is 0 Å². The maximum Gasteiger partial charge on any atom is 0.263 e. The number of carbonyl (C=O) groups excluding carboxylic acids is 8. The van der Waals surface area contributed by atoms with Gasteiger partial charge >= 0.3 is 0 Å². The van der Waals surface area contributed by atoms with E-state index in [9.17, 15) is 74.2 Å². The first-order valence-corrected chi connectivity index (χ1v) is 45.5. The Morgan fingerprint density at radius 1 is 0.411 bits per heavy atom. The van der Waals surface area contributed by atoms with Crippen LogP contribution in [-0.2, 0) is 23.9 Å². The van der Waals surface area contributed by atoms with Gasteiger partial charge in [-0.15, -0.1) is 20.4 Å². The van der Waals surface area contributed by atoms with Gasteiger partial charge in [-0.05, 0) is 77.9 Å². The summed E-state index contributed by atoms with van der Waals surface area (Å²) in [6, 6.07) is 0. The zero-order valence-corrected chi connectivity index (χ0v) is 76.8. The number of likely N-dealkylation sites (tertiary alicyclic amines) is 2. The van der Waals surface area contributed by atoms with Crippen LogP contribution in [0.4, 0.5) is 104 Å². The summed E-state index contributed by atoms with van der Waals surface area (Å²) >= 11 is 0. The number of hydrogen-bond donors (Lipinski definition) is 10. The van der Waals surface area contributed by atoms with Crippen molar-refractivity contribution in [3.05, 3.63) is 168 Å². The van der Waals surface area contributed by atoms with Gasteiger partial charge in [0.1, 0.15) is 45.0 Å². The van der Waals surface area contributed by atoms with Crippen LogP contribution in [0.1, 0.15) is 99.2 Å². The first-order chi connectivity index (χ1) is 67.8. The molecule has 0 bridgehead atoms. The van der Waals surface area contributed by atoms with Crippen molar-refractivity contribution in [1.82, 2.24) is 108 Å². The van der Waals surface area contributed by atoms with Gasteiger partial charge in [-0.1, -0.05) is 0 Å². The number of piperidine rings is 4. The van der Waals surface area contributed by atoms with Gasteiger partial charge in [-0.2, -0.15) is 0 Å². The van der Waals surface area contributed by atoms with E-state index in [1.807, 2.05) is 11.9 Å². The molecule has 0 aromatic carbocycles. The number of aromatic nitrogens is 16. The number of fused-ring (bicyclic) bond motifs is 4. The number of amides is 8. The number of pyridine rings is 4. The summed E-state index contributed by atoms with van der Waals surface area (Å²) in [6.07, 6.45) is 23.0. The second-order valence-electron chi connectivity index (χ2n) is 34.9. The summed E-state index contributed by atoms with van der Waals surface area (Å²) in [7, 11) is 5.34. The molecule has 19 heterocycles. The van der Waals surface area contributed by atoms with E-state index in [0.717, 1.165) is 132 Å². The van der Waals surface area contributed by atoms with Crippen LogP contribution in [-0.4, -0.2) is 313 Å². The second kappa shape index (κ2) is 43.3. The van der Waals surface area contributed by atoms with Crippen molar-refractivity contribution in [3.63, 3.8) is 0 Å². The lowest BCUT2D eigenvalue weighted by molar-refractivity contribution is -0.146. The van der Waals surface area contributed by atoms with Crippen molar-refractivity contribution in [1.29, 1.82) is 0 Å². The summed E-state index contributed by atoms with van der Waals surface area (Å²) in [5.41, 5.74) is 24.7. The molecule has 12 aromatic heterocycles. The molecule has 44 nitrogen and oxygen atoms in total. The molecule has 52 heteroatoms. The topological polar surface area (TPSA) is 532 Å². The molecule has 0 saturated carbocycles. The predicted octanol–water partition coefficient (Wildman–Crippen LogP) is 4.72. The van der Waals surface area contributed by atoms with E-state index in [1.54, 1.807) is 43.6 Å². The third-order valence-electron chi connectivity index (χ3n) is 25.5. The molecule has 7 saturated heterocycles. The predicted molar refractivity (Wildman–Crippen MR) is 498 cm³/mol. The van der Waals surface area contributed by atoms with Crippen molar-refractivity contribution in [2.24, 2.45) is 23.7 Å². The Kier molecular flexibility index (Phi) is 30.3. The van der Waals surface area contributed by atoms with Crippen LogP contribution in [0.2, 0.25) is 0 Å². The van der Waals surface area contributed by atoms with Crippen molar-refractivity contribution >= 4 is 139 Å². The Morgan fingerprint density at radius 2 is 0.759 bits per heavy atom. The van der Waals surface area contributed by atoms with Crippen LogP contribution in [0, 0.1) is 70.2 Å². The average Bonchev–Trinajstić information content (AvgIpc) is 1.75. The molecule has 141 heavy (non-hydrogen) atoms. The van der Waals surface area contributed by atoms with E-state index in [4.69, 9.17) is 27.7 Å². The Morgan fingerprint density at radius 3 is 1.11 bits per heavy atom. The minimum atomic E-state index is -0.693. The number of β-amino-alcohol motifs (C(OH)–C–C–N with tert-alkyl or cyclic N) is 1. The first-order valence-electron chi connectivity index (χ1n) is 45.5. The number of methoxy groups -OCH3 is 1. The molecule has 0 aliphatic carbocycles. The van der Waals surface area contributed by atoms with Crippen molar-refractivity contribution < 1.29 is 83.3 Å². The monoisotopic (exact) mass is 1960 g/mol. The molecule has 7 fully saturated rings. The van der Waals surface area contributed by atoms with E-state index >= 15 is 4.39 Å². The van der Waals surface area contributed by atoms with E-state index in [1.165, 1.54) is 31.2 Å². The Labute approximate surface area is 798 Å². The fraction of sp³-hybridized carbons (Fsp3) is 0.416. The molecule has 1 atom stereocenters. The molecule has 19 rings (SSSR count). The van der Waals surface area contributed by atoms with E-state index < -0.39 is 76.3 Å². The number of nitrogens with zero attached hydrogens (tertiary/aromatic N) is 25. The van der Waals surface area contributed by atoms with Crippen molar-refractivity contribution in [2.75, 3.05) is 216 Å². The zero-order valence-electron chi connectivity index (χ0n) is 76.8. The highest BCUT2D eigenvalue weighted by Crippen LogP contribution is 2.40. The molecule has 7 aliphatic rings. The van der Waals surface area contributed by atoms with Crippen molar-refractivity contribution in [2.45, 2.75) is 63.9 Å². The molecule has 7 aliphatic heterocycles. The Balaban J connectivity index is 0.000000135. The highest BCUT2D eigenvalue weighted by Gasteiger charge is 2.40. The number of halogens is 8. The molecule has 1 unspecified atom stereocenters. The minimum Gasteiger partial charge on any atom is -0.389 e. The largest absolute Gasteiger partial charge is 0.389 e. The third kappa shape index (κ3) is 22.1. The van der Waals surface area contributed by atoms with E-state index in [2.05, 4.69) is 96.7 Å². The van der Waals surface area contributed by atoms with Gasteiger partial charge in [-0.3, -0.25) is 58.3 Å². The SMILES string of the molecule is CN1CCN(C(=O)C2CCCN(c3c(F)cncc3NC(=O)c3c(N)nn4cc(F)cnc34)C2)CC1.COCCN(C)C(=O)C1CCN(c2c(F)cncc2NC(=O)c2c(N)nn3cc(F)cnc23)CC1.Nc1nn2cc(F)cnc2c1C(=O)Nc1cncc(F)c1N1CCC(C(=O)N2CC(O)C2)CC1.Nc1nn2cc(F)cnc2c1C(=O)Nc1cncc(F)c1N1CCC(C(=O)NCCN2CCC2)CC1. The molecule has 8 amide bonds. The fourth-order valence-corrected chi connectivity index (χ4v) is 18.1. The Hall–Kier alpha value is -15.5. The highest BCUT2D eigenvalue weighted by atomic mass is 19.2. The zero-order chi connectivity index (χ0) is 99.7. The molecule has 0 spiro atoms. The number of carbonyl (C=O) groups is 8. The molecule has 744 valence electrons. The van der Waals surface area contributed by atoms with Crippen LogP contribution < -0.4 is 69.1 Å². The maximum atomic E-state index is 15.1. The van der Waals surface area contributed by atoms with E-state index in [0.29, 0.717) is 143 Å². The normalized spacial score (nSPS) is 16.8. The average molecular weight is 1960 g/mol. The van der Waals surface area contributed by atoms with Gasteiger partial charge in [0.25, 0.3) is 23.6 Å². The number of nitrogens with one attached hydrogen (secondary N) is 5. The highest BCUT2D eigenvalue weighted by molar-refractivity contribution is 6.15. The third-order valence-corrected chi connectivity index (χ3v) is 25.5. The Bertz CT molecular complexity index is 6670. The lowest BCUT2D eigenvalue weighted by Crippen LogP contribution is -2.56. The number of anilines is 12. The number of aliphatic hydroxyl groups is 1. The summed E-state index contributed by atoms with van der Waals surface area (Å²) in [5.74, 6) is -9.02. The van der Waals surface area contributed by atoms with Gasteiger partial charge in [0, 0.05) is 143 Å². The number of likely N-dealkylation sites (N-methyl/N-ethyl adjacent to an activating group) is 2. The van der Waals surface area contributed by atoms with Crippen LogP contribution in [0.15, 0.2) is 99.1 Å². The number of piperazine rings is 1. The summed E-state index contributed by atoms with van der Waals surface area (Å²) in [5, 5.41) is 38.7. The molecule has 0 radical (unpaired) electrons. The number of rotatable bonds is 22. The smallest absolute Gasteiger partial charge is 0.263 e. The number of hydrogen-bond acceptors (Lipinski definition) is 32. The van der Waals surface area contributed by atoms with Gasteiger partial charge in [0.05, 0.1) is 141 Å². The summed E-state index contributed by atoms with van der Waals surface area (Å²) < 4.78 is 123.